The van der Waals surface area contributed by atoms with Gasteiger partial charge in [0.1, 0.15) is 0 Å². The molecule has 1 aromatic carbocycles. The molecule has 24 heavy (non-hydrogen) atoms. The number of fused-ring (bicyclic) bond motifs is 1. The van der Waals surface area contributed by atoms with E-state index in [0.29, 0.717) is 18.8 Å². The average Bonchev–Trinajstić information content (AvgIpc) is 3.24. The summed E-state index contributed by atoms with van der Waals surface area (Å²) in [6, 6.07) is 8.92. The number of benzene rings is 1. The van der Waals surface area contributed by atoms with Crippen molar-refractivity contribution in [2.75, 3.05) is 6.54 Å². The summed E-state index contributed by atoms with van der Waals surface area (Å²) in [5.41, 5.74) is 3.12. The molecule has 1 aliphatic heterocycles. The monoisotopic (exact) mass is 324 g/mol. The minimum atomic E-state index is -0.904. The molecule has 4 rings (SSSR count). The quantitative estimate of drug-likeness (QED) is 0.747. The molecule has 0 radical (unpaired) electrons. The number of rotatable bonds is 4. The molecule has 0 aliphatic carbocycles. The molecule has 0 unspecified atom stereocenters. The van der Waals surface area contributed by atoms with Gasteiger partial charge in [-0.15, -0.1) is 5.10 Å². The standard InChI is InChI=1S/C16H16N6O2/c23-16(24)15-14-13(17-10-18-14)6-7-21(15)8-11-9-22(20-19-11)12-4-2-1-3-5-12/h1-5,9-10,15H,6-8H2,(H,17,18)(H,23,24)/t15-/m1/s1. The summed E-state index contributed by atoms with van der Waals surface area (Å²) in [7, 11) is 0. The Bertz CT molecular complexity index is 856. The van der Waals surface area contributed by atoms with Crippen molar-refractivity contribution in [1.82, 2.24) is 29.9 Å². The van der Waals surface area contributed by atoms with E-state index in [0.717, 1.165) is 23.5 Å². The van der Waals surface area contributed by atoms with Crippen LogP contribution in [0.4, 0.5) is 0 Å². The number of carbonyl (C=O) groups is 1. The van der Waals surface area contributed by atoms with Gasteiger partial charge in [-0.25, -0.2) is 9.67 Å². The Hall–Kier alpha value is -3.00. The molecule has 2 aromatic heterocycles. The molecular weight excluding hydrogens is 308 g/mol. The van der Waals surface area contributed by atoms with Crippen molar-refractivity contribution in [3.63, 3.8) is 0 Å². The molecule has 3 aromatic rings. The lowest BCUT2D eigenvalue weighted by atomic mass is 10.0. The van der Waals surface area contributed by atoms with Crippen molar-refractivity contribution in [1.29, 1.82) is 0 Å². The van der Waals surface area contributed by atoms with E-state index in [1.54, 1.807) is 11.0 Å². The van der Waals surface area contributed by atoms with Gasteiger partial charge in [0.05, 0.1) is 29.6 Å². The number of aromatic amines is 1. The van der Waals surface area contributed by atoms with Gasteiger partial charge < -0.3 is 10.1 Å². The lowest BCUT2D eigenvalue weighted by molar-refractivity contribution is -0.144. The minimum Gasteiger partial charge on any atom is -0.480 e. The first-order valence-electron chi connectivity index (χ1n) is 7.68. The summed E-state index contributed by atoms with van der Waals surface area (Å²) >= 11 is 0. The third kappa shape index (κ3) is 2.56. The molecule has 0 spiro atoms. The van der Waals surface area contributed by atoms with Gasteiger partial charge in [-0.05, 0) is 12.1 Å². The van der Waals surface area contributed by atoms with Crippen LogP contribution >= 0.6 is 0 Å². The van der Waals surface area contributed by atoms with Crippen LogP contribution < -0.4 is 0 Å². The number of carboxylic acid groups (broad SMARTS) is 1. The summed E-state index contributed by atoms with van der Waals surface area (Å²) in [6.07, 6.45) is 4.12. The van der Waals surface area contributed by atoms with Crippen LogP contribution in [0.15, 0.2) is 42.9 Å². The molecule has 0 saturated carbocycles. The largest absolute Gasteiger partial charge is 0.480 e. The molecule has 0 bridgehead atoms. The highest BCUT2D eigenvalue weighted by Crippen LogP contribution is 2.28. The number of carboxylic acids is 1. The van der Waals surface area contributed by atoms with Gasteiger partial charge in [0, 0.05) is 25.2 Å². The van der Waals surface area contributed by atoms with Crippen LogP contribution in [-0.2, 0) is 17.8 Å². The first-order chi connectivity index (χ1) is 11.7. The summed E-state index contributed by atoms with van der Waals surface area (Å²) in [4.78, 5) is 20.8. The molecule has 0 saturated heterocycles. The van der Waals surface area contributed by atoms with E-state index in [4.69, 9.17) is 0 Å². The van der Waals surface area contributed by atoms with Crippen molar-refractivity contribution in [3.8, 4) is 5.69 Å². The molecule has 1 aliphatic rings. The minimum absolute atomic E-state index is 0.413. The predicted octanol–water partition coefficient (Wildman–Crippen LogP) is 1.17. The summed E-state index contributed by atoms with van der Waals surface area (Å²) in [6.45, 7) is 1.04. The Morgan fingerprint density at radius 3 is 2.96 bits per heavy atom. The smallest absolute Gasteiger partial charge is 0.327 e. The van der Waals surface area contributed by atoms with E-state index in [2.05, 4.69) is 20.3 Å². The number of hydrogen-bond donors (Lipinski definition) is 2. The second-order valence-electron chi connectivity index (χ2n) is 5.72. The lowest BCUT2D eigenvalue weighted by Gasteiger charge is -2.31. The molecule has 8 nitrogen and oxygen atoms in total. The van der Waals surface area contributed by atoms with Gasteiger partial charge in [-0.1, -0.05) is 23.4 Å². The van der Waals surface area contributed by atoms with Gasteiger partial charge in [0.15, 0.2) is 6.04 Å². The fraction of sp³-hybridized carbons (Fsp3) is 0.250. The number of hydrogen-bond acceptors (Lipinski definition) is 5. The first kappa shape index (κ1) is 14.6. The van der Waals surface area contributed by atoms with Crippen molar-refractivity contribution in [2.24, 2.45) is 0 Å². The van der Waals surface area contributed by atoms with Crippen LogP contribution in [0.5, 0.6) is 0 Å². The Kier molecular flexibility index (Phi) is 3.58. The molecule has 0 fully saturated rings. The lowest BCUT2D eigenvalue weighted by Crippen LogP contribution is -2.39. The number of nitrogens with zero attached hydrogens (tertiary/aromatic N) is 5. The summed E-state index contributed by atoms with van der Waals surface area (Å²) in [5.74, 6) is -0.904. The second kappa shape index (κ2) is 5.89. The maximum absolute atomic E-state index is 11.7. The zero-order valence-corrected chi connectivity index (χ0v) is 12.8. The van der Waals surface area contributed by atoms with Gasteiger partial charge in [-0.3, -0.25) is 9.69 Å². The first-order valence-corrected chi connectivity index (χ1v) is 7.68. The Morgan fingerprint density at radius 1 is 1.33 bits per heavy atom. The van der Waals surface area contributed by atoms with Crippen LogP contribution in [0, 0.1) is 0 Å². The number of para-hydroxylation sites is 1. The van der Waals surface area contributed by atoms with Crippen molar-refractivity contribution < 1.29 is 9.90 Å². The number of imidazole rings is 1. The Balaban J connectivity index is 1.57. The number of H-pyrrole nitrogens is 1. The van der Waals surface area contributed by atoms with Crippen molar-refractivity contribution in [3.05, 3.63) is 59.9 Å². The summed E-state index contributed by atoms with van der Waals surface area (Å²) in [5, 5.41) is 17.9. The SMILES string of the molecule is O=C(O)[C@H]1c2nc[nH]c2CCN1Cc1cn(-c2ccccc2)nn1. The molecule has 8 heteroatoms. The number of aliphatic carboxylic acids is 1. The molecule has 122 valence electrons. The highest BCUT2D eigenvalue weighted by Gasteiger charge is 2.35. The highest BCUT2D eigenvalue weighted by molar-refractivity contribution is 5.75. The van der Waals surface area contributed by atoms with Gasteiger partial charge >= 0.3 is 5.97 Å². The third-order valence-electron chi connectivity index (χ3n) is 4.19. The van der Waals surface area contributed by atoms with Crippen LogP contribution in [0.25, 0.3) is 5.69 Å². The molecule has 1 atom stereocenters. The van der Waals surface area contributed by atoms with Crippen LogP contribution in [0.3, 0.4) is 0 Å². The summed E-state index contributed by atoms with van der Waals surface area (Å²) < 4.78 is 1.69. The van der Waals surface area contributed by atoms with Crippen molar-refractivity contribution >= 4 is 5.97 Å². The zero-order chi connectivity index (χ0) is 16.5. The fourth-order valence-corrected chi connectivity index (χ4v) is 3.05. The van der Waals surface area contributed by atoms with E-state index in [9.17, 15) is 9.90 Å². The van der Waals surface area contributed by atoms with Crippen LogP contribution in [-0.4, -0.2) is 47.5 Å². The molecule has 3 heterocycles. The molecule has 0 amide bonds. The van der Waals surface area contributed by atoms with Crippen LogP contribution in [0.1, 0.15) is 23.1 Å². The number of nitrogens with one attached hydrogen (secondary N) is 1. The normalized spacial score (nSPS) is 17.6. The second-order valence-corrected chi connectivity index (χ2v) is 5.72. The predicted molar refractivity (Wildman–Crippen MR) is 84.4 cm³/mol. The fourth-order valence-electron chi connectivity index (χ4n) is 3.05. The topological polar surface area (TPSA) is 99.9 Å². The van der Waals surface area contributed by atoms with E-state index in [-0.39, 0.29) is 0 Å². The van der Waals surface area contributed by atoms with Gasteiger partial charge in [0.2, 0.25) is 0 Å². The van der Waals surface area contributed by atoms with E-state index in [1.807, 2.05) is 41.4 Å². The van der Waals surface area contributed by atoms with Crippen LogP contribution in [0.2, 0.25) is 0 Å². The van der Waals surface area contributed by atoms with E-state index < -0.39 is 12.0 Å². The van der Waals surface area contributed by atoms with Gasteiger partial charge in [-0.2, -0.15) is 0 Å². The maximum atomic E-state index is 11.7. The van der Waals surface area contributed by atoms with E-state index in [1.165, 1.54) is 0 Å². The highest BCUT2D eigenvalue weighted by atomic mass is 16.4. The van der Waals surface area contributed by atoms with Gasteiger partial charge in [0.25, 0.3) is 0 Å². The molecular formula is C16H16N6O2. The number of aromatic nitrogens is 5. The average molecular weight is 324 g/mol. The maximum Gasteiger partial charge on any atom is 0.327 e. The zero-order valence-electron chi connectivity index (χ0n) is 12.8. The molecule has 2 N–H and O–H groups in total. The Labute approximate surface area is 137 Å². The van der Waals surface area contributed by atoms with E-state index >= 15 is 0 Å². The van der Waals surface area contributed by atoms with Crippen molar-refractivity contribution in [2.45, 2.75) is 19.0 Å². The Morgan fingerprint density at radius 2 is 2.17 bits per heavy atom. The third-order valence-corrected chi connectivity index (χ3v) is 4.19.